The Kier molecular flexibility index (Phi) is 7.52. The van der Waals surface area contributed by atoms with Crippen LogP contribution in [0.1, 0.15) is 5.56 Å². The van der Waals surface area contributed by atoms with E-state index in [4.69, 9.17) is 4.74 Å². The summed E-state index contributed by atoms with van der Waals surface area (Å²) in [5.74, 6) is 0.825. The largest absolute Gasteiger partial charge is 0.484 e. The molecular formula is C17H25F3N4O2. The molecule has 1 aromatic carbocycles. The van der Waals surface area contributed by atoms with Crippen molar-refractivity contribution < 1.29 is 22.6 Å². The lowest BCUT2D eigenvalue weighted by molar-refractivity contribution is -0.153. The van der Waals surface area contributed by atoms with Crippen molar-refractivity contribution in [2.75, 3.05) is 46.9 Å². The topological polar surface area (TPSA) is 58.1 Å². The molecule has 0 aromatic heterocycles. The van der Waals surface area contributed by atoms with Gasteiger partial charge in [0.25, 0.3) is 0 Å². The van der Waals surface area contributed by atoms with E-state index < -0.39 is 12.8 Å². The molecule has 1 fully saturated rings. The monoisotopic (exact) mass is 374 g/mol. The molecule has 0 amide bonds. The Labute approximate surface area is 151 Å². The molecule has 9 heteroatoms. The zero-order chi connectivity index (χ0) is 19.0. The van der Waals surface area contributed by atoms with E-state index in [2.05, 4.69) is 32.3 Å². The lowest BCUT2D eigenvalue weighted by atomic mass is 10.2. The van der Waals surface area contributed by atoms with Gasteiger partial charge in [0.05, 0.1) is 12.7 Å². The first-order valence-corrected chi connectivity index (χ1v) is 8.39. The Morgan fingerprint density at radius 2 is 2.04 bits per heavy atom. The highest BCUT2D eigenvalue weighted by Crippen LogP contribution is 2.18. The first kappa shape index (κ1) is 20.3. The van der Waals surface area contributed by atoms with Gasteiger partial charge in [-0.2, -0.15) is 13.2 Å². The third-order valence-corrected chi connectivity index (χ3v) is 3.85. The fourth-order valence-corrected chi connectivity index (χ4v) is 2.48. The SMILES string of the molecule is CN=C(NCc1ccc(OCC(F)(F)F)cc1)NCC1CN(C)CCO1. The van der Waals surface area contributed by atoms with Gasteiger partial charge in [-0.25, -0.2) is 0 Å². The first-order chi connectivity index (χ1) is 12.4. The number of hydrogen-bond acceptors (Lipinski definition) is 4. The van der Waals surface area contributed by atoms with E-state index in [-0.39, 0.29) is 11.9 Å². The van der Waals surface area contributed by atoms with Crippen molar-refractivity contribution in [2.45, 2.75) is 18.8 Å². The number of likely N-dealkylation sites (N-methyl/N-ethyl adjacent to an activating group) is 1. The fraction of sp³-hybridized carbons (Fsp3) is 0.588. The second-order valence-electron chi connectivity index (χ2n) is 6.11. The number of hydrogen-bond donors (Lipinski definition) is 2. The lowest BCUT2D eigenvalue weighted by Gasteiger charge is -2.30. The number of guanidine groups is 1. The van der Waals surface area contributed by atoms with Crippen LogP contribution in [0.25, 0.3) is 0 Å². The van der Waals surface area contributed by atoms with Gasteiger partial charge in [0.2, 0.25) is 0 Å². The van der Waals surface area contributed by atoms with Gasteiger partial charge in [-0.3, -0.25) is 4.99 Å². The van der Waals surface area contributed by atoms with Gasteiger partial charge in [0.15, 0.2) is 12.6 Å². The van der Waals surface area contributed by atoms with E-state index in [9.17, 15) is 13.2 Å². The summed E-state index contributed by atoms with van der Waals surface area (Å²) in [5, 5.41) is 6.38. The van der Waals surface area contributed by atoms with Crippen LogP contribution in [0.3, 0.4) is 0 Å². The van der Waals surface area contributed by atoms with Gasteiger partial charge < -0.3 is 25.0 Å². The van der Waals surface area contributed by atoms with Crippen LogP contribution in [0.5, 0.6) is 5.75 Å². The first-order valence-electron chi connectivity index (χ1n) is 8.39. The van der Waals surface area contributed by atoms with Crippen molar-refractivity contribution >= 4 is 5.96 Å². The van der Waals surface area contributed by atoms with Gasteiger partial charge in [-0.15, -0.1) is 0 Å². The van der Waals surface area contributed by atoms with Crippen molar-refractivity contribution in [1.82, 2.24) is 15.5 Å². The van der Waals surface area contributed by atoms with Crippen molar-refractivity contribution in [3.63, 3.8) is 0 Å². The normalized spacial score (nSPS) is 19.3. The van der Waals surface area contributed by atoms with E-state index in [1.54, 1.807) is 19.2 Å². The van der Waals surface area contributed by atoms with Crippen LogP contribution in [-0.4, -0.2) is 70.1 Å². The zero-order valence-electron chi connectivity index (χ0n) is 15.0. The summed E-state index contributed by atoms with van der Waals surface area (Å²) < 4.78 is 46.8. The van der Waals surface area contributed by atoms with Crippen LogP contribution < -0.4 is 15.4 Å². The Balaban J connectivity index is 1.73. The molecule has 0 aliphatic carbocycles. The van der Waals surface area contributed by atoms with Gasteiger partial charge in [-0.05, 0) is 24.7 Å². The number of halogens is 3. The van der Waals surface area contributed by atoms with Crippen LogP contribution in [-0.2, 0) is 11.3 Å². The summed E-state index contributed by atoms with van der Waals surface area (Å²) in [7, 11) is 3.74. The number of aliphatic imine (C=N–C) groups is 1. The molecule has 1 heterocycles. The highest BCUT2D eigenvalue weighted by atomic mass is 19.4. The predicted octanol–water partition coefficient (Wildman–Crippen LogP) is 1.62. The van der Waals surface area contributed by atoms with Crippen molar-refractivity contribution in [2.24, 2.45) is 4.99 Å². The molecule has 1 aliphatic heterocycles. The molecule has 1 saturated heterocycles. The maximum absolute atomic E-state index is 12.1. The Morgan fingerprint density at radius 3 is 2.65 bits per heavy atom. The molecule has 2 N–H and O–H groups in total. The maximum Gasteiger partial charge on any atom is 0.422 e. The molecule has 0 bridgehead atoms. The molecule has 2 rings (SSSR count). The lowest BCUT2D eigenvalue weighted by Crippen LogP contribution is -2.48. The van der Waals surface area contributed by atoms with Crippen LogP contribution in [0.2, 0.25) is 0 Å². The van der Waals surface area contributed by atoms with Gasteiger partial charge in [-0.1, -0.05) is 12.1 Å². The molecule has 26 heavy (non-hydrogen) atoms. The van der Waals surface area contributed by atoms with E-state index in [0.717, 1.165) is 25.3 Å². The molecule has 0 radical (unpaired) electrons. The average molecular weight is 374 g/mol. The quantitative estimate of drug-likeness (QED) is 0.586. The predicted molar refractivity (Wildman–Crippen MR) is 93.4 cm³/mol. The van der Waals surface area contributed by atoms with Crippen LogP contribution >= 0.6 is 0 Å². The second kappa shape index (κ2) is 9.63. The van der Waals surface area contributed by atoms with Crippen LogP contribution in [0.15, 0.2) is 29.3 Å². The molecular weight excluding hydrogens is 349 g/mol. The number of nitrogens with zero attached hydrogens (tertiary/aromatic N) is 2. The van der Waals surface area contributed by atoms with Crippen molar-refractivity contribution in [3.05, 3.63) is 29.8 Å². The van der Waals surface area contributed by atoms with Crippen LogP contribution in [0, 0.1) is 0 Å². The van der Waals surface area contributed by atoms with Crippen molar-refractivity contribution in [3.8, 4) is 5.75 Å². The highest BCUT2D eigenvalue weighted by molar-refractivity contribution is 5.79. The average Bonchev–Trinajstić information content (AvgIpc) is 2.60. The highest BCUT2D eigenvalue weighted by Gasteiger charge is 2.28. The minimum atomic E-state index is -4.34. The molecule has 146 valence electrons. The van der Waals surface area contributed by atoms with E-state index in [1.165, 1.54) is 12.1 Å². The number of morpholine rings is 1. The van der Waals surface area contributed by atoms with E-state index in [1.807, 2.05) is 0 Å². The molecule has 1 atom stereocenters. The molecule has 0 spiro atoms. The molecule has 1 unspecified atom stereocenters. The number of benzene rings is 1. The Hall–Kier alpha value is -2.00. The van der Waals surface area contributed by atoms with E-state index in [0.29, 0.717) is 19.0 Å². The fourth-order valence-electron chi connectivity index (χ4n) is 2.48. The van der Waals surface area contributed by atoms with Crippen molar-refractivity contribution in [1.29, 1.82) is 0 Å². The minimum absolute atomic E-state index is 0.109. The summed E-state index contributed by atoms with van der Waals surface area (Å²) in [6.45, 7) is 2.37. The summed E-state index contributed by atoms with van der Waals surface area (Å²) in [4.78, 5) is 6.37. The number of alkyl halides is 3. The Bertz CT molecular complexity index is 578. The third kappa shape index (κ3) is 7.49. The molecule has 0 saturated carbocycles. The molecule has 1 aliphatic rings. The number of ether oxygens (including phenoxy) is 2. The zero-order valence-corrected chi connectivity index (χ0v) is 15.0. The molecule has 6 nitrogen and oxygen atoms in total. The van der Waals surface area contributed by atoms with Crippen LogP contribution in [0.4, 0.5) is 13.2 Å². The summed E-state index contributed by atoms with van der Waals surface area (Å²) in [6.07, 6.45) is -4.23. The number of rotatable bonds is 6. The van der Waals surface area contributed by atoms with Gasteiger partial charge >= 0.3 is 6.18 Å². The summed E-state index contributed by atoms with van der Waals surface area (Å²) >= 11 is 0. The number of nitrogens with one attached hydrogen (secondary N) is 2. The summed E-state index contributed by atoms with van der Waals surface area (Å²) in [5.41, 5.74) is 0.904. The minimum Gasteiger partial charge on any atom is -0.484 e. The summed E-state index contributed by atoms with van der Waals surface area (Å²) in [6, 6.07) is 6.46. The standard InChI is InChI=1S/C17H25F3N4O2/c1-21-16(23-10-15-11-24(2)7-8-25-15)22-9-13-3-5-14(6-4-13)26-12-17(18,19)20/h3-6,15H,7-12H2,1-2H3,(H2,21,22,23). The maximum atomic E-state index is 12.1. The van der Waals surface area contributed by atoms with Gasteiger partial charge in [0, 0.05) is 33.2 Å². The third-order valence-electron chi connectivity index (χ3n) is 3.85. The van der Waals surface area contributed by atoms with E-state index >= 15 is 0 Å². The molecule has 1 aromatic rings. The smallest absolute Gasteiger partial charge is 0.422 e. The van der Waals surface area contributed by atoms with Gasteiger partial charge in [0.1, 0.15) is 5.75 Å². The Morgan fingerprint density at radius 1 is 1.31 bits per heavy atom. The second-order valence-corrected chi connectivity index (χ2v) is 6.11.